The number of likely N-dealkylation sites (tertiary alicyclic amines) is 1. The van der Waals surface area contributed by atoms with Crippen LogP contribution in [0.15, 0.2) is 70.8 Å². The lowest BCUT2D eigenvalue weighted by Gasteiger charge is -2.35. The molecular formula is C39H47N5O9S. The number of rotatable bonds is 11. The topological polar surface area (TPSA) is 186 Å². The molecule has 3 aliphatic carbocycles. The average molecular weight is 762 g/mol. The molecule has 5 atom stereocenters. The van der Waals surface area contributed by atoms with Crippen LogP contribution < -0.4 is 20.7 Å². The summed E-state index contributed by atoms with van der Waals surface area (Å²) in [7, 11) is -3.90. The summed E-state index contributed by atoms with van der Waals surface area (Å²) in [5, 5.41) is 11.4. The van der Waals surface area contributed by atoms with Crippen LogP contribution in [0.25, 0.3) is 21.9 Å². The summed E-state index contributed by atoms with van der Waals surface area (Å²) in [4.78, 5) is 63.0. The highest BCUT2D eigenvalue weighted by Crippen LogP contribution is 2.45. The average Bonchev–Trinajstić information content (AvgIpc) is 4.01. The predicted octanol–water partition coefficient (Wildman–Crippen LogP) is 4.14. The number of hydrogen-bond donors (Lipinski definition) is 3. The zero-order valence-electron chi connectivity index (χ0n) is 30.7. The Kier molecular flexibility index (Phi) is 9.96. The number of benzene rings is 2. The molecule has 7 rings (SSSR count). The highest BCUT2D eigenvalue weighted by Gasteiger charge is 2.62. The lowest BCUT2D eigenvalue weighted by Crippen LogP contribution is -2.60. The zero-order valence-corrected chi connectivity index (χ0v) is 31.5. The minimum Gasteiger partial charge on any atom is -0.456 e. The molecule has 0 radical (unpaired) electrons. The molecule has 1 saturated heterocycles. The maximum Gasteiger partial charge on any atom is 0.408 e. The van der Waals surface area contributed by atoms with Gasteiger partial charge in [-0.1, -0.05) is 56.3 Å². The van der Waals surface area contributed by atoms with Gasteiger partial charge in [0, 0.05) is 23.1 Å². The van der Waals surface area contributed by atoms with Gasteiger partial charge in [-0.2, -0.15) is 0 Å². The number of alkyl carbamates (subject to hydrolysis) is 1. The summed E-state index contributed by atoms with van der Waals surface area (Å²) in [5.74, 6) is -2.59. The molecule has 0 unspecified atom stereocenters. The first-order valence-electron chi connectivity index (χ1n) is 18.6. The number of fused-ring (bicyclic) bond motifs is 2. The third-order valence-electron chi connectivity index (χ3n) is 10.8. The van der Waals surface area contributed by atoms with Crippen LogP contribution in [0.5, 0.6) is 0 Å². The molecule has 288 valence electrons. The van der Waals surface area contributed by atoms with Gasteiger partial charge in [-0.25, -0.2) is 13.2 Å². The van der Waals surface area contributed by atoms with Crippen molar-refractivity contribution in [2.75, 3.05) is 6.54 Å². The third kappa shape index (κ3) is 7.55. The fourth-order valence-electron chi connectivity index (χ4n) is 7.50. The number of carbonyl (C=O) groups is 4. The third-order valence-corrected chi connectivity index (χ3v) is 12.7. The number of para-hydroxylation sites is 2. The molecule has 0 bridgehead atoms. The van der Waals surface area contributed by atoms with Gasteiger partial charge in [0.05, 0.1) is 11.8 Å². The number of hydrogen-bond acceptors (Lipinski definition) is 10. The van der Waals surface area contributed by atoms with Crippen molar-refractivity contribution in [1.29, 1.82) is 0 Å². The Morgan fingerprint density at radius 2 is 1.61 bits per heavy atom. The Morgan fingerprint density at radius 1 is 0.981 bits per heavy atom. The quantitative estimate of drug-likeness (QED) is 0.147. The normalized spacial score (nSPS) is 24.8. The number of nitrogens with one attached hydrogen (secondary N) is 3. The molecule has 4 amide bonds. The van der Waals surface area contributed by atoms with Gasteiger partial charge in [0.25, 0.3) is 5.91 Å². The van der Waals surface area contributed by atoms with Crippen molar-refractivity contribution in [1.82, 2.24) is 20.3 Å². The van der Waals surface area contributed by atoms with E-state index in [0.29, 0.717) is 40.1 Å². The molecule has 1 aromatic heterocycles. The number of amides is 4. The summed E-state index contributed by atoms with van der Waals surface area (Å²) in [6.45, 7) is 9.11. The van der Waals surface area contributed by atoms with Crippen molar-refractivity contribution < 1.29 is 41.6 Å². The van der Waals surface area contributed by atoms with Gasteiger partial charge >= 0.3 is 6.09 Å². The van der Waals surface area contributed by atoms with Gasteiger partial charge in [0.2, 0.25) is 21.8 Å². The van der Waals surface area contributed by atoms with Gasteiger partial charge in [0.15, 0.2) is 0 Å². The monoisotopic (exact) mass is 761 g/mol. The van der Waals surface area contributed by atoms with E-state index in [1.807, 2.05) is 48.5 Å². The van der Waals surface area contributed by atoms with Crippen LogP contribution in [0.3, 0.4) is 0 Å². The molecule has 3 N–H and O–H groups in total. The second-order valence-corrected chi connectivity index (χ2v) is 17.9. The summed E-state index contributed by atoms with van der Waals surface area (Å²) in [6.07, 6.45) is 4.24. The zero-order chi connectivity index (χ0) is 38.4. The molecule has 15 heteroatoms. The number of carbonyl (C=O) groups excluding carboxylic acids is 4. The van der Waals surface area contributed by atoms with E-state index in [1.165, 1.54) is 11.0 Å². The number of sulfonamides is 1. The van der Waals surface area contributed by atoms with Gasteiger partial charge < -0.3 is 29.5 Å². The molecule has 3 aromatic rings. The SMILES string of the molecule is C=C[C@@H]1C[C@@]1(NC(=O)[C@@H]1C[C@@H](ON=c2c3ccccc3oc3ccccc23)CN1C(=O)[C@@H](NC(=O)OC1CCCC1)C(C)(C)C)C(=O)NS(=O)(=O)C1CC1. The van der Waals surface area contributed by atoms with Crippen LogP contribution in [0, 0.1) is 11.3 Å². The van der Waals surface area contributed by atoms with Crippen LogP contribution in [0.4, 0.5) is 4.79 Å². The van der Waals surface area contributed by atoms with Crippen LogP contribution in [-0.4, -0.2) is 78.8 Å². The standard InChI is InChI=1S/C39H47N5O9S/c1-5-23-21-39(23,36(47)43-54(49,50)26-18-19-26)41-34(45)29-20-25(53-42-32-27-14-8-10-16-30(27)52-31-17-11-9-15-28(31)32)22-44(29)35(46)33(38(2,3)4)40-37(48)51-24-12-6-7-13-24/h5,8-11,14-17,23-26,29,33H,1,6-7,12-13,18-22H2,2-4H3,(H,40,48)(H,41,45)(H,43,47)/t23-,25-,29+,33-,39+/m1/s1. The van der Waals surface area contributed by atoms with E-state index >= 15 is 0 Å². The second kappa shape index (κ2) is 14.4. The van der Waals surface area contributed by atoms with Gasteiger partial charge in [-0.3, -0.25) is 19.1 Å². The summed E-state index contributed by atoms with van der Waals surface area (Å²) in [6, 6.07) is 12.5. The van der Waals surface area contributed by atoms with E-state index in [-0.39, 0.29) is 25.5 Å². The van der Waals surface area contributed by atoms with Crippen molar-refractivity contribution in [3.63, 3.8) is 0 Å². The maximum absolute atomic E-state index is 14.6. The first kappa shape index (κ1) is 37.4. The Hall–Kier alpha value is -4.92. The Balaban J connectivity index is 1.19. The summed E-state index contributed by atoms with van der Waals surface area (Å²) >= 11 is 0. The van der Waals surface area contributed by atoms with E-state index in [1.54, 1.807) is 20.8 Å². The molecule has 4 fully saturated rings. The maximum atomic E-state index is 14.6. The van der Waals surface area contributed by atoms with Crippen molar-refractivity contribution in [2.24, 2.45) is 16.5 Å². The fourth-order valence-corrected chi connectivity index (χ4v) is 8.86. The van der Waals surface area contributed by atoms with Gasteiger partial charge in [0.1, 0.15) is 46.4 Å². The molecule has 2 aromatic carbocycles. The molecule has 4 aliphatic rings. The molecule has 3 saturated carbocycles. The number of ether oxygens (including phenoxy) is 1. The molecular weight excluding hydrogens is 715 g/mol. The number of nitrogens with zero attached hydrogens (tertiary/aromatic N) is 2. The smallest absolute Gasteiger partial charge is 0.408 e. The largest absolute Gasteiger partial charge is 0.456 e. The van der Waals surface area contributed by atoms with Crippen molar-refractivity contribution in [3.8, 4) is 0 Å². The van der Waals surface area contributed by atoms with Crippen LogP contribution >= 0.6 is 0 Å². The molecule has 1 aliphatic heterocycles. The van der Waals surface area contributed by atoms with Crippen molar-refractivity contribution in [2.45, 2.75) is 107 Å². The highest BCUT2D eigenvalue weighted by atomic mass is 32.2. The Bertz CT molecular complexity index is 2110. The Labute approximate surface area is 313 Å². The van der Waals surface area contributed by atoms with E-state index in [2.05, 4.69) is 27.1 Å². The van der Waals surface area contributed by atoms with Crippen molar-refractivity contribution >= 4 is 55.8 Å². The first-order valence-corrected chi connectivity index (χ1v) is 20.1. The minimum atomic E-state index is -3.90. The van der Waals surface area contributed by atoms with Crippen LogP contribution in [0.2, 0.25) is 0 Å². The van der Waals surface area contributed by atoms with Gasteiger partial charge in [-0.15, -0.1) is 6.58 Å². The predicted molar refractivity (Wildman–Crippen MR) is 199 cm³/mol. The lowest BCUT2D eigenvalue weighted by atomic mass is 9.85. The van der Waals surface area contributed by atoms with E-state index in [9.17, 15) is 27.6 Å². The fraction of sp³-hybridized carbons (Fsp3) is 0.513. The molecule has 2 heterocycles. The summed E-state index contributed by atoms with van der Waals surface area (Å²) in [5.41, 5.74) is -1.17. The molecule has 0 spiro atoms. The molecule has 54 heavy (non-hydrogen) atoms. The Morgan fingerprint density at radius 3 is 2.19 bits per heavy atom. The van der Waals surface area contributed by atoms with E-state index in [4.69, 9.17) is 14.0 Å². The van der Waals surface area contributed by atoms with E-state index in [0.717, 1.165) is 25.7 Å². The van der Waals surface area contributed by atoms with Crippen LogP contribution in [0.1, 0.15) is 72.1 Å². The molecule has 14 nitrogen and oxygen atoms in total. The van der Waals surface area contributed by atoms with Gasteiger partial charge in [-0.05, 0) is 74.6 Å². The highest BCUT2D eigenvalue weighted by molar-refractivity contribution is 7.91. The first-order chi connectivity index (χ1) is 25.7. The van der Waals surface area contributed by atoms with Crippen molar-refractivity contribution in [3.05, 3.63) is 66.5 Å². The minimum absolute atomic E-state index is 0.00560. The van der Waals surface area contributed by atoms with Crippen LogP contribution in [-0.2, 0) is 34.0 Å². The van der Waals surface area contributed by atoms with E-state index < -0.39 is 74.1 Å². The second-order valence-electron chi connectivity index (χ2n) is 15.9. The lowest BCUT2D eigenvalue weighted by molar-refractivity contribution is -0.143. The summed E-state index contributed by atoms with van der Waals surface area (Å²) < 4.78 is 39.3.